The Morgan fingerprint density at radius 2 is 1.95 bits per heavy atom. The summed E-state index contributed by atoms with van der Waals surface area (Å²) < 4.78 is 10.4. The van der Waals surface area contributed by atoms with Crippen molar-refractivity contribution in [2.24, 2.45) is 5.73 Å². The molecular formula is C14H22N2O3. The van der Waals surface area contributed by atoms with Crippen LogP contribution in [-0.2, 0) is 11.2 Å². The van der Waals surface area contributed by atoms with E-state index in [9.17, 15) is 4.79 Å². The third kappa shape index (κ3) is 5.61. The molecule has 5 heteroatoms. The summed E-state index contributed by atoms with van der Waals surface area (Å²) in [7, 11) is 3.26. The van der Waals surface area contributed by atoms with E-state index in [1.54, 1.807) is 14.2 Å². The van der Waals surface area contributed by atoms with Crippen molar-refractivity contribution in [2.75, 3.05) is 27.3 Å². The van der Waals surface area contributed by atoms with Gasteiger partial charge in [-0.3, -0.25) is 4.79 Å². The Labute approximate surface area is 114 Å². The Bertz CT molecular complexity index is 408. The molecule has 0 unspecified atom stereocenters. The van der Waals surface area contributed by atoms with Crippen LogP contribution in [0.3, 0.4) is 0 Å². The molecule has 106 valence electrons. The predicted octanol–water partition coefficient (Wildman–Crippen LogP) is 1.10. The number of aryl methyl sites for hydroxylation is 1. The van der Waals surface area contributed by atoms with Crippen molar-refractivity contribution in [2.45, 2.75) is 19.3 Å². The van der Waals surface area contributed by atoms with Gasteiger partial charge in [0, 0.05) is 13.0 Å². The third-order valence-electron chi connectivity index (χ3n) is 2.82. The van der Waals surface area contributed by atoms with Crippen molar-refractivity contribution in [1.29, 1.82) is 0 Å². The molecule has 3 N–H and O–H groups in total. The zero-order valence-corrected chi connectivity index (χ0v) is 11.6. The first-order chi connectivity index (χ1) is 9.17. The van der Waals surface area contributed by atoms with Crippen LogP contribution in [0.2, 0.25) is 0 Å². The third-order valence-corrected chi connectivity index (χ3v) is 2.82. The first-order valence-electron chi connectivity index (χ1n) is 6.37. The summed E-state index contributed by atoms with van der Waals surface area (Å²) in [6, 6.07) is 5.93. The standard InChI is InChI=1S/C14H22N2O3/c1-18-12-6-5-11(10-13(12)19-2)4-3-8-16-9-7-14(15)17/h5-6,10,16H,3-4,7-9H2,1-2H3,(H2,15,17). The van der Waals surface area contributed by atoms with Gasteiger partial charge >= 0.3 is 0 Å². The number of amides is 1. The lowest BCUT2D eigenvalue weighted by atomic mass is 10.1. The van der Waals surface area contributed by atoms with E-state index >= 15 is 0 Å². The molecule has 0 aliphatic rings. The number of carbonyl (C=O) groups is 1. The van der Waals surface area contributed by atoms with Crippen molar-refractivity contribution in [1.82, 2.24) is 5.32 Å². The number of hydrogen-bond acceptors (Lipinski definition) is 4. The summed E-state index contributed by atoms with van der Waals surface area (Å²) in [4.78, 5) is 10.5. The van der Waals surface area contributed by atoms with Crippen LogP contribution in [0, 0.1) is 0 Å². The molecule has 0 bridgehead atoms. The first-order valence-corrected chi connectivity index (χ1v) is 6.37. The fraction of sp³-hybridized carbons (Fsp3) is 0.500. The van der Waals surface area contributed by atoms with Gasteiger partial charge in [-0.1, -0.05) is 6.07 Å². The summed E-state index contributed by atoms with van der Waals surface area (Å²) in [5, 5.41) is 3.18. The molecule has 5 nitrogen and oxygen atoms in total. The minimum atomic E-state index is -0.271. The molecule has 0 fully saturated rings. The molecule has 0 saturated carbocycles. The van der Waals surface area contributed by atoms with Gasteiger partial charge in [0.2, 0.25) is 5.91 Å². The fourth-order valence-electron chi connectivity index (χ4n) is 1.79. The first kappa shape index (κ1) is 15.3. The van der Waals surface area contributed by atoms with Crippen molar-refractivity contribution in [3.8, 4) is 11.5 Å². The predicted molar refractivity (Wildman–Crippen MR) is 74.5 cm³/mol. The number of nitrogens with one attached hydrogen (secondary N) is 1. The summed E-state index contributed by atoms with van der Waals surface area (Å²) in [6.07, 6.45) is 2.33. The Morgan fingerprint density at radius 3 is 2.58 bits per heavy atom. The number of ether oxygens (including phenoxy) is 2. The van der Waals surface area contributed by atoms with E-state index in [2.05, 4.69) is 5.32 Å². The number of methoxy groups -OCH3 is 2. The molecule has 1 aromatic carbocycles. The second-order valence-electron chi connectivity index (χ2n) is 4.26. The van der Waals surface area contributed by atoms with E-state index in [0.29, 0.717) is 13.0 Å². The molecule has 0 radical (unpaired) electrons. The Balaban J connectivity index is 2.31. The van der Waals surface area contributed by atoms with Crippen molar-refractivity contribution in [3.63, 3.8) is 0 Å². The van der Waals surface area contributed by atoms with E-state index in [-0.39, 0.29) is 5.91 Å². The number of benzene rings is 1. The van der Waals surface area contributed by atoms with Crippen LogP contribution in [0.15, 0.2) is 18.2 Å². The Kier molecular flexibility index (Phi) is 6.74. The lowest BCUT2D eigenvalue weighted by molar-refractivity contribution is -0.117. The number of primary amides is 1. The van der Waals surface area contributed by atoms with Gasteiger partial charge < -0.3 is 20.5 Å². The van der Waals surface area contributed by atoms with Crippen LogP contribution >= 0.6 is 0 Å². The molecule has 0 aliphatic carbocycles. The maximum atomic E-state index is 10.5. The molecular weight excluding hydrogens is 244 g/mol. The van der Waals surface area contributed by atoms with Gasteiger partial charge in [-0.25, -0.2) is 0 Å². The molecule has 19 heavy (non-hydrogen) atoms. The summed E-state index contributed by atoms with van der Waals surface area (Å²) in [5.41, 5.74) is 6.26. The normalized spacial score (nSPS) is 10.2. The van der Waals surface area contributed by atoms with Gasteiger partial charge in [-0.05, 0) is 37.1 Å². The smallest absolute Gasteiger partial charge is 0.218 e. The van der Waals surface area contributed by atoms with E-state index in [1.807, 2.05) is 18.2 Å². The molecule has 1 amide bonds. The van der Waals surface area contributed by atoms with Crippen LogP contribution in [0.5, 0.6) is 11.5 Å². The van der Waals surface area contributed by atoms with Gasteiger partial charge in [-0.15, -0.1) is 0 Å². The largest absolute Gasteiger partial charge is 0.493 e. The highest BCUT2D eigenvalue weighted by Crippen LogP contribution is 2.27. The maximum Gasteiger partial charge on any atom is 0.218 e. The van der Waals surface area contributed by atoms with Crippen LogP contribution in [-0.4, -0.2) is 33.2 Å². The molecule has 0 spiro atoms. The molecule has 0 atom stereocenters. The van der Waals surface area contributed by atoms with Gasteiger partial charge in [-0.2, -0.15) is 0 Å². The molecule has 0 aromatic heterocycles. The average Bonchev–Trinajstić information content (AvgIpc) is 2.42. The highest BCUT2D eigenvalue weighted by atomic mass is 16.5. The second kappa shape index (κ2) is 8.37. The zero-order valence-electron chi connectivity index (χ0n) is 11.6. The van der Waals surface area contributed by atoms with Gasteiger partial charge in [0.1, 0.15) is 0 Å². The second-order valence-corrected chi connectivity index (χ2v) is 4.26. The SMILES string of the molecule is COc1ccc(CCCNCCC(N)=O)cc1OC. The quantitative estimate of drug-likeness (QED) is 0.656. The molecule has 1 aromatic rings. The lowest BCUT2D eigenvalue weighted by Gasteiger charge is -2.09. The Hall–Kier alpha value is -1.75. The summed E-state index contributed by atoms with van der Waals surface area (Å²) >= 11 is 0. The van der Waals surface area contributed by atoms with E-state index in [1.165, 1.54) is 5.56 Å². The van der Waals surface area contributed by atoms with Crippen molar-refractivity contribution >= 4 is 5.91 Å². The van der Waals surface area contributed by atoms with Gasteiger partial charge in [0.15, 0.2) is 11.5 Å². The highest BCUT2D eigenvalue weighted by molar-refractivity contribution is 5.73. The maximum absolute atomic E-state index is 10.5. The number of nitrogens with two attached hydrogens (primary N) is 1. The molecule has 0 aliphatic heterocycles. The van der Waals surface area contributed by atoms with E-state index < -0.39 is 0 Å². The van der Waals surface area contributed by atoms with Crippen LogP contribution in [0.25, 0.3) is 0 Å². The minimum absolute atomic E-state index is 0.271. The zero-order chi connectivity index (χ0) is 14.1. The molecule has 1 rings (SSSR count). The average molecular weight is 266 g/mol. The minimum Gasteiger partial charge on any atom is -0.493 e. The van der Waals surface area contributed by atoms with Crippen LogP contribution < -0.4 is 20.5 Å². The highest BCUT2D eigenvalue weighted by Gasteiger charge is 2.04. The van der Waals surface area contributed by atoms with Crippen LogP contribution in [0.1, 0.15) is 18.4 Å². The number of rotatable bonds is 9. The van der Waals surface area contributed by atoms with Crippen molar-refractivity contribution in [3.05, 3.63) is 23.8 Å². The fourth-order valence-corrected chi connectivity index (χ4v) is 1.79. The number of carbonyl (C=O) groups excluding carboxylic acids is 1. The summed E-state index contributed by atoms with van der Waals surface area (Å²) in [6.45, 7) is 1.50. The van der Waals surface area contributed by atoms with E-state index in [4.69, 9.17) is 15.2 Å². The molecule has 0 heterocycles. The van der Waals surface area contributed by atoms with Gasteiger partial charge in [0.05, 0.1) is 14.2 Å². The van der Waals surface area contributed by atoms with Crippen LogP contribution in [0.4, 0.5) is 0 Å². The monoisotopic (exact) mass is 266 g/mol. The number of hydrogen-bond donors (Lipinski definition) is 2. The van der Waals surface area contributed by atoms with Crippen molar-refractivity contribution < 1.29 is 14.3 Å². The Morgan fingerprint density at radius 1 is 1.21 bits per heavy atom. The topological polar surface area (TPSA) is 73.6 Å². The molecule has 0 saturated heterocycles. The van der Waals surface area contributed by atoms with E-state index in [0.717, 1.165) is 30.9 Å². The summed E-state index contributed by atoms with van der Waals surface area (Å²) in [5.74, 6) is 1.22. The van der Waals surface area contributed by atoms with Gasteiger partial charge in [0.25, 0.3) is 0 Å². The lowest BCUT2D eigenvalue weighted by Crippen LogP contribution is -2.23.